The van der Waals surface area contributed by atoms with Crippen LogP contribution in [0.4, 0.5) is 0 Å². The molecule has 66 heavy (non-hydrogen) atoms. The highest BCUT2D eigenvalue weighted by Crippen LogP contribution is 2.39. The summed E-state index contributed by atoms with van der Waals surface area (Å²) in [7, 11) is 2.82. The molecule has 0 fully saturated rings. The summed E-state index contributed by atoms with van der Waals surface area (Å²) in [6.07, 6.45) is 8.10. The van der Waals surface area contributed by atoms with Crippen molar-refractivity contribution in [1.82, 2.24) is 20.4 Å². The average molecular weight is 903 g/mol. The van der Waals surface area contributed by atoms with E-state index in [1.807, 2.05) is 19.1 Å². The first kappa shape index (κ1) is 50.7. The van der Waals surface area contributed by atoms with Crippen LogP contribution in [0.2, 0.25) is 0 Å². The van der Waals surface area contributed by atoms with E-state index < -0.39 is 59.9 Å². The van der Waals surface area contributed by atoms with Gasteiger partial charge in [0.15, 0.2) is 11.6 Å². The van der Waals surface area contributed by atoms with E-state index in [0.29, 0.717) is 23.1 Å². The van der Waals surface area contributed by atoms with Crippen LogP contribution in [0.1, 0.15) is 119 Å². The quantitative estimate of drug-likeness (QED) is 0.0630. The molecular weight excluding hydrogens is 837 g/mol. The summed E-state index contributed by atoms with van der Waals surface area (Å²) in [5.74, 6) is -4.12. The van der Waals surface area contributed by atoms with Crippen LogP contribution < -0.4 is 10.6 Å². The predicted molar refractivity (Wildman–Crippen MR) is 255 cm³/mol. The molecule has 1 heterocycles. The van der Waals surface area contributed by atoms with Crippen LogP contribution in [-0.2, 0) is 36.8 Å². The molecule has 4 amide bonds. The number of aromatic hydroxyl groups is 2. The summed E-state index contributed by atoms with van der Waals surface area (Å²) in [6, 6.07) is 20.8. The molecule has 1 aliphatic heterocycles. The van der Waals surface area contributed by atoms with Crippen LogP contribution in [0.5, 0.6) is 11.5 Å². The van der Waals surface area contributed by atoms with Gasteiger partial charge in [-0.2, -0.15) is 0 Å². The van der Waals surface area contributed by atoms with Gasteiger partial charge in [-0.1, -0.05) is 94.5 Å². The molecule has 4 aromatic carbocycles. The number of benzene rings is 4. The molecule has 5 atom stereocenters. The minimum Gasteiger partial charge on any atom is -0.507 e. The van der Waals surface area contributed by atoms with Crippen molar-refractivity contribution >= 4 is 35.2 Å². The molecule has 0 saturated heterocycles. The smallest absolute Gasteiger partial charge is 0.254 e. The van der Waals surface area contributed by atoms with Crippen molar-refractivity contribution in [3.63, 3.8) is 0 Å². The standard InChI is InChI=1S/C53H66N4O9/c1-7-8-9-10-11-12-13-36-14-17-38(18-15-36)39-19-21-40(22-20-39)53(66)56(5)44(32-58)52(65)55-35(4)45(59)26-27-49(63)57(6)50-41-23-25-47(61)43(31-41)42-30-37(16-24-46(42)60)29-34(3)54-51(64)33(2)28-48(50)62/h14-25,30-31,33-35,44,50,58,60-61H,7-13,26-29,32H2,1-6H3,(H,54,64)(H,55,65)/t33-,34-,35-,44-,50+/m1/s1. The number of carbonyl (C=O) groups is 6. The second kappa shape index (κ2) is 23.7. The van der Waals surface area contributed by atoms with E-state index in [1.54, 1.807) is 31.2 Å². The Labute approximate surface area is 388 Å². The molecule has 13 nitrogen and oxygen atoms in total. The van der Waals surface area contributed by atoms with Crippen LogP contribution in [0.3, 0.4) is 0 Å². The highest BCUT2D eigenvalue weighted by atomic mass is 16.3. The molecular formula is C53H66N4O9. The molecule has 0 unspecified atom stereocenters. The molecule has 0 spiro atoms. The first-order valence-electron chi connectivity index (χ1n) is 23.2. The SMILES string of the molecule is CCCCCCCCc1ccc(-c2ccc(C(=O)N(C)[C@H](CO)C(=O)N[C@H](C)C(=O)CCC(=O)N(C)[C@@H]3C(=O)C[C@@H](C)C(=O)N[C@H](C)Cc4ccc(O)c(c4)-c4cc3ccc4O)cc2)cc1. The van der Waals surface area contributed by atoms with Crippen molar-refractivity contribution in [2.45, 2.75) is 122 Å². The Balaban J connectivity index is 1.20. The Morgan fingerprint density at radius 3 is 2.03 bits per heavy atom. The highest BCUT2D eigenvalue weighted by Gasteiger charge is 2.34. The number of nitrogens with one attached hydrogen (secondary N) is 2. The Morgan fingerprint density at radius 2 is 1.38 bits per heavy atom. The van der Waals surface area contributed by atoms with E-state index in [9.17, 15) is 44.1 Å². The van der Waals surface area contributed by atoms with Crippen molar-refractivity contribution in [2.75, 3.05) is 20.7 Å². The molecule has 4 aromatic rings. The van der Waals surface area contributed by atoms with Gasteiger partial charge in [-0.15, -0.1) is 0 Å². The number of rotatable bonds is 18. The Bertz CT molecular complexity index is 2350. The van der Waals surface area contributed by atoms with Crippen LogP contribution in [-0.4, -0.2) is 99.1 Å². The van der Waals surface area contributed by atoms with Crippen LogP contribution in [0.25, 0.3) is 22.3 Å². The number of aryl methyl sites for hydroxylation is 1. The zero-order valence-electron chi connectivity index (χ0n) is 39.1. The summed E-state index contributed by atoms with van der Waals surface area (Å²) >= 11 is 0. The fourth-order valence-corrected chi connectivity index (χ4v) is 8.45. The zero-order chi connectivity index (χ0) is 48.1. The van der Waals surface area contributed by atoms with E-state index in [4.69, 9.17) is 0 Å². The number of likely N-dealkylation sites (N-methyl/N-ethyl adjacent to an activating group) is 2. The second-order valence-electron chi connectivity index (χ2n) is 17.8. The van der Waals surface area contributed by atoms with Gasteiger partial charge in [-0.3, -0.25) is 28.8 Å². The van der Waals surface area contributed by atoms with E-state index in [-0.39, 0.29) is 48.3 Å². The number of aliphatic hydroxyl groups is 1. The van der Waals surface area contributed by atoms with Crippen molar-refractivity contribution in [3.05, 3.63) is 107 Å². The van der Waals surface area contributed by atoms with Gasteiger partial charge in [0.2, 0.25) is 17.7 Å². The molecule has 352 valence electrons. The number of ketones is 2. The number of phenolic OH excluding ortho intramolecular Hbond substituents is 2. The van der Waals surface area contributed by atoms with E-state index in [2.05, 4.69) is 41.8 Å². The summed E-state index contributed by atoms with van der Waals surface area (Å²) in [5, 5.41) is 37.5. The third-order valence-electron chi connectivity index (χ3n) is 12.6. The lowest BCUT2D eigenvalue weighted by atomic mass is 9.90. The van der Waals surface area contributed by atoms with Gasteiger partial charge < -0.3 is 35.8 Å². The van der Waals surface area contributed by atoms with Crippen molar-refractivity contribution in [2.24, 2.45) is 5.92 Å². The normalized spacial score (nSPS) is 17.2. The third kappa shape index (κ3) is 13.1. The number of hydrogen-bond donors (Lipinski definition) is 5. The van der Waals surface area contributed by atoms with Crippen molar-refractivity contribution in [3.8, 4) is 33.8 Å². The number of fused-ring (bicyclic) bond motifs is 5. The van der Waals surface area contributed by atoms with Gasteiger partial charge in [0.25, 0.3) is 5.91 Å². The third-order valence-corrected chi connectivity index (χ3v) is 12.6. The van der Waals surface area contributed by atoms with E-state index in [0.717, 1.165) is 28.0 Å². The minimum absolute atomic E-state index is 0.111. The van der Waals surface area contributed by atoms with Gasteiger partial charge in [-0.25, -0.2) is 0 Å². The Kier molecular flexibility index (Phi) is 18.2. The maximum Gasteiger partial charge on any atom is 0.254 e. The van der Waals surface area contributed by atoms with Gasteiger partial charge in [0.1, 0.15) is 23.6 Å². The number of Topliss-reactive ketones (excluding diaryl/α,β-unsaturated/α-hetero) is 2. The number of nitrogens with zero attached hydrogens (tertiary/aromatic N) is 2. The van der Waals surface area contributed by atoms with Gasteiger partial charge in [0, 0.05) is 62.0 Å². The minimum atomic E-state index is -1.31. The fourth-order valence-electron chi connectivity index (χ4n) is 8.45. The lowest BCUT2D eigenvalue weighted by Gasteiger charge is -2.30. The van der Waals surface area contributed by atoms with Crippen molar-refractivity contribution < 1.29 is 44.1 Å². The Morgan fingerprint density at radius 1 is 0.773 bits per heavy atom. The lowest BCUT2D eigenvalue weighted by Crippen LogP contribution is -2.53. The summed E-state index contributed by atoms with van der Waals surface area (Å²) in [4.78, 5) is 83.6. The molecule has 0 aromatic heterocycles. The predicted octanol–water partition coefficient (Wildman–Crippen LogP) is 7.48. The second-order valence-corrected chi connectivity index (χ2v) is 17.8. The molecule has 5 N–H and O–H groups in total. The topological polar surface area (TPSA) is 194 Å². The van der Waals surface area contributed by atoms with E-state index >= 15 is 0 Å². The summed E-state index contributed by atoms with van der Waals surface area (Å²) in [6.45, 7) is 6.41. The molecule has 5 rings (SSSR count). The van der Waals surface area contributed by atoms with Gasteiger partial charge in [0.05, 0.1) is 12.6 Å². The van der Waals surface area contributed by atoms with Gasteiger partial charge in [-0.05, 0) is 97.3 Å². The molecule has 0 aliphatic carbocycles. The summed E-state index contributed by atoms with van der Waals surface area (Å²) in [5.41, 5.74) is 5.21. The fraction of sp³-hybridized carbons (Fsp3) is 0.434. The molecule has 1 aliphatic rings. The highest BCUT2D eigenvalue weighted by molar-refractivity contribution is 5.99. The monoisotopic (exact) mass is 902 g/mol. The lowest BCUT2D eigenvalue weighted by molar-refractivity contribution is -0.140. The maximum atomic E-state index is 14.0. The number of aliphatic hydroxyl groups excluding tert-OH is 1. The van der Waals surface area contributed by atoms with Crippen LogP contribution in [0.15, 0.2) is 84.9 Å². The van der Waals surface area contributed by atoms with Crippen LogP contribution in [0, 0.1) is 5.92 Å². The number of amides is 4. The number of hydrogen-bond acceptors (Lipinski definition) is 9. The molecule has 13 heteroatoms. The number of carbonyl (C=O) groups excluding carboxylic acids is 6. The van der Waals surface area contributed by atoms with Crippen molar-refractivity contribution in [1.29, 1.82) is 0 Å². The first-order chi connectivity index (χ1) is 31.5. The zero-order valence-corrected chi connectivity index (χ0v) is 39.1. The molecule has 4 bridgehead atoms. The molecule has 0 saturated carbocycles. The summed E-state index contributed by atoms with van der Waals surface area (Å²) < 4.78 is 0. The number of phenols is 2. The first-order valence-corrected chi connectivity index (χ1v) is 23.2. The molecule has 0 radical (unpaired) electrons. The average Bonchev–Trinajstić information content (AvgIpc) is 3.30. The van der Waals surface area contributed by atoms with Crippen LogP contribution >= 0.6 is 0 Å². The Hall–Kier alpha value is -6.34. The maximum absolute atomic E-state index is 14.0. The number of unbranched alkanes of at least 4 members (excludes halogenated alkanes) is 5. The van der Waals surface area contributed by atoms with E-state index in [1.165, 1.54) is 94.3 Å². The van der Waals surface area contributed by atoms with Gasteiger partial charge >= 0.3 is 0 Å². The largest absolute Gasteiger partial charge is 0.507 e.